The van der Waals surface area contributed by atoms with Crippen LogP contribution in [0.25, 0.3) is 0 Å². The molecular formula is C11H13BrN2S. The van der Waals surface area contributed by atoms with Gasteiger partial charge in [-0.1, -0.05) is 39.8 Å². The minimum atomic E-state index is 0.852. The third-order valence-corrected chi connectivity index (χ3v) is 3.66. The number of hydrogen-bond acceptors (Lipinski definition) is 3. The second kappa shape index (κ2) is 5.56. The van der Waals surface area contributed by atoms with Crippen LogP contribution in [0.4, 0.5) is 0 Å². The number of thioether (sulfide) groups is 1. The Morgan fingerprint density at radius 2 is 2.40 bits per heavy atom. The molecular weight excluding hydrogens is 272 g/mol. The number of nitrogens with zero attached hydrogens (tertiary/aromatic N) is 1. The predicted octanol–water partition coefficient (Wildman–Crippen LogP) is 3.03. The van der Waals surface area contributed by atoms with Gasteiger partial charge in [0.05, 0.1) is 0 Å². The Labute approximate surface area is 103 Å². The van der Waals surface area contributed by atoms with E-state index in [0.29, 0.717) is 0 Å². The molecule has 1 N–H and O–H groups in total. The summed E-state index contributed by atoms with van der Waals surface area (Å²) < 4.78 is 1.13. The summed E-state index contributed by atoms with van der Waals surface area (Å²) in [7, 11) is 0. The van der Waals surface area contributed by atoms with Gasteiger partial charge in [-0.2, -0.15) is 0 Å². The van der Waals surface area contributed by atoms with Crippen molar-refractivity contribution in [3.05, 3.63) is 34.3 Å². The minimum absolute atomic E-state index is 0.852. The van der Waals surface area contributed by atoms with Gasteiger partial charge in [-0.3, -0.25) is 4.99 Å². The van der Waals surface area contributed by atoms with Gasteiger partial charge in [0, 0.05) is 23.3 Å². The highest BCUT2D eigenvalue weighted by Gasteiger charge is 2.04. The maximum Gasteiger partial charge on any atom is 0.156 e. The number of benzene rings is 1. The van der Waals surface area contributed by atoms with Crippen LogP contribution in [0.5, 0.6) is 0 Å². The van der Waals surface area contributed by atoms with Crippen molar-refractivity contribution in [1.29, 1.82) is 0 Å². The number of aliphatic imine (C=N–C) groups is 1. The van der Waals surface area contributed by atoms with E-state index in [4.69, 9.17) is 0 Å². The van der Waals surface area contributed by atoms with E-state index in [9.17, 15) is 0 Å². The van der Waals surface area contributed by atoms with Crippen LogP contribution in [0, 0.1) is 0 Å². The molecule has 0 spiro atoms. The number of nitrogens with one attached hydrogen (secondary N) is 1. The Morgan fingerprint density at radius 3 is 3.13 bits per heavy atom. The van der Waals surface area contributed by atoms with Gasteiger partial charge in [0.2, 0.25) is 0 Å². The van der Waals surface area contributed by atoms with Crippen LogP contribution in [0.3, 0.4) is 0 Å². The third kappa shape index (κ3) is 3.54. The van der Waals surface area contributed by atoms with Gasteiger partial charge in [0.15, 0.2) is 5.17 Å². The van der Waals surface area contributed by atoms with Crippen molar-refractivity contribution in [1.82, 2.24) is 5.32 Å². The molecule has 0 fully saturated rings. The lowest BCUT2D eigenvalue weighted by molar-refractivity contribution is 0.880. The average Bonchev–Trinajstić information content (AvgIpc) is 2.28. The molecule has 1 aliphatic heterocycles. The molecule has 0 unspecified atom stereocenters. The molecule has 0 bridgehead atoms. The zero-order chi connectivity index (χ0) is 10.5. The Morgan fingerprint density at radius 1 is 1.47 bits per heavy atom. The smallest absolute Gasteiger partial charge is 0.156 e. The van der Waals surface area contributed by atoms with E-state index >= 15 is 0 Å². The van der Waals surface area contributed by atoms with Gasteiger partial charge < -0.3 is 5.32 Å². The molecule has 1 aromatic carbocycles. The largest absolute Gasteiger partial charge is 0.361 e. The Hall–Kier alpha value is -0.480. The topological polar surface area (TPSA) is 24.4 Å². The molecule has 0 saturated carbocycles. The second-order valence-corrected chi connectivity index (χ2v) is 5.37. The van der Waals surface area contributed by atoms with Crippen LogP contribution in [0.15, 0.2) is 33.7 Å². The zero-order valence-corrected chi connectivity index (χ0v) is 10.8. The van der Waals surface area contributed by atoms with Gasteiger partial charge in [0.25, 0.3) is 0 Å². The Kier molecular flexibility index (Phi) is 4.09. The quantitative estimate of drug-likeness (QED) is 0.903. The highest BCUT2D eigenvalue weighted by molar-refractivity contribution is 9.10. The molecule has 80 valence electrons. The molecule has 0 atom stereocenters. The molecule has 0 amide bonds. The standard InChI is InChI=1S/C11H13BrN2S/c12-10-4-1-3-9(7-10)8-14-11-13-5-2-6-15-11/h1,3-4,7H,2,5-6,8H2,(H,13,14). The van der Waals surface area contributed by atoms with Crippen molar-refractivity contribution in [2.45, 2.75) is 13.0 Å². The molecule has 15 heavy (non-hydrogen) atoms. The molecule has 1 heterocycles. The van der Waals surface area contributed by atoms with Crippen LogP contribution in [-0.4, -0.2) is 17.5 Å². The molecule has 0 aromatic heterocycles. The predicted molar refractivity (Wildman–Crippen MR) is 70.4 cm³/mol. The summed E-state index contributed by atoms with van der Waals surface area (Å²) >= 11 is 5.28. The molecule has 0 saturated heterocycles. The highest BCUT2D eigenvalue weighted by Crippen LogP contribution is 2.13. The monoisotopic (exact) mass is 284 g/mol. The summed E-state index contributed by atoms with van der Waals surface area (Å²) in [6.45, 7) is 1.82. The zero-order valence-electron chi connectivity index (χ0n) is 8.37. The summed E-state index contributed by atoms with van der Waals surface area (Å²) in [5, 5.41) is 4.44. The van der Waals surface area contributed by atoms with Crippen molar-refractivity contribution in [2.75, 3.05) is 12.3 Å². The lowest BCUT2D eigenvalue weighted by Crippen LogP contribution is -2.22. The summed E-state index contributed by atoms with van der Waals surface area (Å²) in [4.78, 5) is 4.42. The van der Waals surface area contributed by atoms with Crippen molar-refractivity contribution in [2.24, 2.45) is 4.99 Å². The minimum Gasteiger partial charge on any atom is -0.361 e. The van der Waals surface area contributed by atoms with E-state index in [1.54, 1.807) is 0 Å². The lowest BCUT2D eigenvalue weighted by Gasteiger charge is -2.13. The highest BCUT2D eigenvalue weighted by atomic mass is 79.9. The first kappa shape index (κ1) is 11.0. The van der Waals surface area contributed by atoms with Gasteiger partial charge in [-0.25, -0.2) is 0 Å². The summed E-state index contributed by atoms with van der Waals surface area (Å²) in [6.07, 6.45) is 1.20. The first-order valence-electron chi connectivity index (χ1n) is 5.00. The maximum absolute atomic E-state index is 4.42. The number of halogens is 1. The maximum atomic E-state index is 4.42. The first-order valence-corrected chi connectivity index (χ1v) is 6.78. The van der Waals surface area contributed by atoms with Crippen molar-refractivity contribution in [3.63, 3.8) is 0 Å². The SMILES string of the molecule is Brc1cccc(CNC2=NCCCS2)c1. The van der Waals surface area contributed by atoms with Crippen LogP contribution in [-0.2, 0) is 6.54 Å². The summed E-state index contributed by atoms with van der Waals surface area (Å²) in [5.74, 6) is 1.18. The average molecular weight is 285 g/mol. The van der Waals surface area contributed by atoms with Crippen molar-refractivity contribution >= 4 is 32.9 Å². The van der Waals surface area contributed by atoms with E-state index in [1.807, 2.05) is 17.8 Å². The van der Waals surface area contributed by atoms with E-state index < -0.39 is 0 Å². The van der Waals surface area contributed by atoms with Crippen LogP contribution in [0.2, 0.25) is 0 Å². The van der Waals surface area contributed by atoms with Crippen LogP contribution >= 0.6 is 27.7 Å². The van der Waals surface area contributed by atoms with E-state index in [-0.39, 0.29) is 0 Å². The Bertz CT molecular complexity index is 365. The van der Waals surface area contributed by atoms with Crippen LogP contribution in [0.1, 0.15) is 12.0 Å². The van der Waals surface area contributed by atoms with Crippen molar-refractivity contribution in [3.8, 4) is 0 Å². The summed E-state index contributed by atoms with van der Waals surface area (Å²) in [6, 6.07) is 8.33. The number of amidine groups is 1. The fourth-order valence-corrected chi connectivity index (χ4v) is 2.66. The molecule has 2 rings (SSSR count). The second-order valence-electron chi connectivity index (χ2n) is 3.37. The molecule has 0 aliphatic carbocycles. The van der Waals surface area contributed by atoms with Crippen molar-refractivity contribution < 1.29 is 0 Å². The van der Waals surface area contributed by atoms with Gasteiger partial charge in [0.1, 0.15) is 0 Å². The van der Waals surface area contributed by atoms with Crippen LogP contribution < -0.4 is 5.32 Å². The molecule has 2 nitrogen and oxygen atoms in total. The number of rotatable bonds is 2. The fourth-order valence-electron chi connectivity index (χ4n) is 1.39. The first-order chi connectivity index (χ1) is 7.34. The van der Waals surface area contributed by atoms with Gasteiger partial charge in [-0.05, 0) is 24.1 Å². The molecule has 1 aliphatic rings. The van der Waals surface area contributed by atoms with E-state index in [2.05, 4.69) is 44.4 Å². The normalized spacial score (nSPS) is 15.9. The van der Waals surface area contributed by atoms with Gasteiger partial charge in [-0.15, -0.1) is 0 Å². The molecule has 0 radical (unpaired) electrons. The van der Waals surface area contributed by atoms with E-state index in [1.165, 1.54) is 17.7 Å². The molecule has 1 aromatic rings. The number of hydrogen-bond donors (Lipinski definition) is 1. The Balaban J connectivity index is 1.90. The third-order valence-electron chi connectivity index (χ3n) is 2.13. The fraction of sp³-hybridized carbons (Fsp3) is 0.364. The lowest BCUT2D eigenvalue weighted by atomic mass is 10.2. The van der Waals surface area contributed by atoms with Gasteiger partial charge >= 0.3 is 0 Å². The molecule has 4 heteroatoms. The van der Waals surface area contributed by atoms with E-state index in [0.717, 1.165) is 22.7 Å². The summed E-state index contributed by atoms with van der Waals surface area (Å²) in [5.41, 5.74) is 1.28.